The molecule has 0 spiro atoms. The minimum atomic E-state index is 0.219. The Morgan fingerprint density at radius 2 is 1.89 bits per heavy atom. The molecule has 0 aliphatic rings. The molecule has 3 nitrogen and oxygen atoms in total. The average molecular weight is 130 g/mol. The van der Waals surface area contributed by atoms with Crippen molar-refractivity contribution in [2.24, 2.45) is 11.5 Å². The molecule has 0 aromatic carbocycles. The molecule has 0 fully saturated rings. The van der Waals surface area contributed by atoms with Crippen LogP contribution in [0.5, 0.6) is 0 Å². The van der Waals surface area contributed by atoms with Gasteiger partial charge in [-0.1, -0.05) is 5.92 Å². The molecule has 0 amide bonds. The van der Waals surface area contributed by atoms with Gasteiger partial charge in [0.05, 0.1) is 6.54 Å². The molecule has 54 valence electrons. The van der Waals surface area contributed by atoms with Crippen molar-refractivity contribution in [2.45, 2.75) is 6.42 Å². The van der Waals surface area contributed by atoms with Gasteiger partial charge in [0, 0.05) is 6.61 Å². The number of nitrogens with two attached hydrogens (primary N) is 2. The predicted octanol–water partition coefficient (Wildman–Crippen LogP) is -1.09. The third kappa shape index (κ3) is 37.0. The van der Waals surface area contributed by atoms with E-state index < -0.39 is 0 Å². The highest BCUT2D eigenvalue weighted by molar-refractivity contribution is 4.83. The van der Waals surface area contributed by atoms with E-state index in [9.17, 15) is 0 Å². The Bertz CT molecular complexity index is 65.9. The summed E-state index contributed by atoms with van der Waals surface area (Å²) < 4.78 is 0. The summed E-state index contributed by atoms with van der Waals surface area (Å²) in [6.07, 6.45) is 5.38. The lowest BCUT2D eigenvalue weighted by Gasteiger charge is -1.80. The molecule has 0 bridgehead atoms. The maximum absolute atomic E-state index is 7.99. The molecule has 0 saturated carbocycles. The van der Waals surface area contributed by atoms with E-state index >= 15 is 0 Å². The van der Waals surface area contributed by atoms with Gasteiger partial charge < -0.3 is 16.6 Å². The molecular formula is C6H14N2O. The number of hydrogen-bond donors (Lipinski definition) is 3. The summed E-state index contributed by atoms with van der Waals surface area (Å²) in [6, 6.07) is 0. The van der Waals surface area contributed by atoms with Crippen molar-refractivity contribution >= 4 is 0 Å². The van der Waals surface area contributed by atoms with E-state index in [1.165, 1.54) is 0 Å². The summed E-state index contributed by atoms with van der Waals surface area (Å²) >= 11 is 0. The molecule has 0 aromatic rings. The fourth-order valence-electron chi connectivity index (χ4n) is 0.0913. The number of hydrogen-bond acceptors (Lipinski definition) is 3. The zero-order chi connectivity index (χ0) is 7.54. The van der Waals surface area contributed by atoms with Crippen molar-refractivity contribution in [3.05, 3.63) is 0 Å². The highest BCUT2D eigenvalue weighted by Crippen LogP contribution is 1.62. The van der Waals surface area contributed by atoms with Gasteiger partial charge in [-0.25, -0.2) is 0 Å². The Kier molecular flexibility index (Phi) is 19.6. The van der Waals surface area contributed by atoms with E-state index in [4.69, 9.17) is 16.6 Å². The second-order valence-electron chi connectivity index (χ2n) is 1.27. The largest absolute Gasteiger partial charge is 0.396 e. The maximum atomic E-state index is 7.99. The van der Waals surface area contributed by atoms with Gasteiger partial charge >= 0.3 is 0 Å². The number of rotatable bonds is 2. The van der Waals surface area contributed by atoms with Crippen LogP contribution in [0.2, 0.25) is 0 Å². The van der Waals surface area contributed by atoms with Gasteiger partial charge in [0.25, 0.3) is 0 Å². The van der Waals surface area contributed by atoms with Gasteiger partial charge in [0.2, 0.25) is 0 Å². The molecule has 0 saturated heterocycles. The van der Waals surface area contributed by atoms with Crippen molar-refractivity contribution in [1.82, 2.24) is 0 Å². The summed E-state index contributed by atoms with van der Waals surface area (Å²) in [5.74, 6) is 2.21. The van der Waals surface area contributed by atoms with Crippen molar-refractivity contribution in [3.63, 3.8) is 0 Å². The first-order valence-electron chi connectivity index (χ1n) is 2.77. The van der Waals surface area contributed by atoms with E-state index in [1.807, 2.05) is 0 Å². The fraction of sp³-hybridized carbons (Fsp3) is 0.667. The molecule has 0 radical (unpaired) electrons. The molecule has 3 heteroatoms. The third-order valence-electron chi connectivity index (χ3n) is 0.480. The van der Waals surface area contributed by atoms with Gasteiger partial charge in [-0.15, -0.1) is 6.42 Å². The Labute approximate surface area is 56.0 Å². The summed E-state index contributed by atoms with van der Waals surface area (Å²) in [4.78, 5) is 0. The molecule has 9 heavy (non-hydrogen) atoms. The topological polar surface area (TPSA) is 72.3 Å². The van der Waals surface area contributed by atoms with Crippen LogP contribution in [0.15, 0.2) is 0 Å². The van der Waals surface area contributed by atoms with Crippen LogP contribution in [-0.2, 0) is 0 Å². The molecular weight excluding hydrogens is 116 g/mol. The number of aliphatic hydroxyl groups is 1. The van der Waals surface area contributed by atoms with E-state index in [2.05, 4.69) is 12.3 Å². The monoisotopic (exact) mass is 130 g/mol. The van der Waals surface area contributed by atoms with Crippen LogP contribution in [0.1, 0.15) is 6.42 Å². The van der Waals surface area contributed by atoms with Crippen molar-refractivity contribution in [1.29, 1.82) is 0 Å². The normalized spacial score (nSPS) is 6.89. The summed E-state index contributed by atoms with van der Waals surface area (Å²) in [5, 5.41) is 7.99. The second kappa shape index (κ2) is 15.7. The Balaban J connectivity index is 0. The zero-order valence-corrected chi connectivity index (χ0v) is 5.51. The second-order valence-corrected chi connectivity index (χ2v) is 1.27. The first-order valence-corrected chi connectivity index (χ1v) is 2.77. The highest BCUT2D eigenvalue weighted by atomic mass is 16.2. The third-order valence-corrected chi connectivity index (χ3v) is 0.480. The minimum absolute atomic E-state index is 0.219. The van der Waals surface area contributed by atoms with Crippen LogP contribution in [0, 0.1) is 12.3 Å². The van der Waals surface area contributed by atoms with Crippen LogP contribution in [0.4, 0.5) is 0 Å². The van der Waals surface area contributed by atoms with Crippen molar-refractivity contribution in [3.8, 4) is 12.3 Å². The molecule has 0 aromatic heterocycles. The van der Waals surface area contributed by atoms with Crippen molar-refractivity contribution < 1.29 is 5.11 Å². The van der Waals surface area contributed by atoms with Crippen LogP contribution in [0.3, 0.4) is 0 Å². The predicted molar refractivity (Wildman–Crippen MR) is 38.6 cm³/mol. The van der Waals surface area contributed by atoms with Gasteiger partial charge in [-0.05, 0) is 13.0 Å². The van der Waals surface area contributed by atoms with Crippen molar-refractivity contribution in [2.75, 3.05) is 19.7 Å². The first-order chi connectivity index (χ1) is 4.33. The highest BCUT2D eigenvalue weighted by Gasteiger charge is 1.69. The lowest BCUT2D eigenvalue weighted by Crippen LogP contribution is -1.99. The van der Waals surface area contributed by atoms with Gasteiger partial charge in [-0.3, -0.25) is 0 Å². The number of terminal acetylenes is 1. The van der Waals surface area contributed by atoms with Gasteiger partial charge in [0.15, 0.2) is 0 Å². The van der Waals surface area contributed by atoms with E-state index in [-0.39, 0.29) is 6.61 Å². The standard InChI is InChI=1S/C3H9NO.C3H5N/c4-2-1-3-5;1-2-3-4/h5H,1-4H2;1H,3-4H2. The first kappa shape index (κ1) is 11.3. The quantitative estimate of drug-likeness (QED) is 0.416. The summed E-state index contributed by atoms with van der Waals surface area (Å²) in [6.45, 7) is 1.16. The van der Waals surface area contributed by atoms with E-state index in [1.54, 1.807) is 0 Å². The van der Waals surface area contributed by atoms with E-state index in [0.717, 1.165) is 6.42 Å². The average Bonchev–Trinajstić information content (AvgIpc) is 1.91. The molecule has 0 aliphatic heterocycles. The van der Waals surface area contributed by atoms with Gasteiger partial charge in [-0.2, -0.15) is 0 Å². The van der Waals surface area contributed by atoms with Crippen LogP contribution < -0.4 is 11.5 Å². The molecule has 5 N–H and O–H groups in total. The summed E-state index contributed by atoms with van der Waals surface area (Å²) in [5.41, 5.74) is 9.77. The lowest BCUT2D eigenvalue weighted by molar-refractivity contribution is 0.291. The maximum Gasteiger partial charge on any atom is 0.0548 e. The summed E-state index contributed by atoms with van der Waals surface area (Å²) in [7, 11) is 0. The van der Waals surface area contributed by atoms with E-state index in [0.29, 0.717) is 13.1 Å². The fourth-order valence-corrected chi connectivity index (χ4v) is 0.0913. The Hall–Kier alpha value is -0.560. The minimum Gasteiger partial charge on any atom is -0.396 e. The SMILES string of the molecule is C#CCN.NCCCO. The van der Waals surface area contributed by atoms with Crippen LogP contribution in [-0.4, -0.2) is 24.8 Å². The molecule has 0 rings (SSSR count). The molecule has 0 heterocycles. The van der Waals surface area contributed by atoms with Crippen LogP contribution >= 0.6 is 0 Å². The van der Waals surface area contributed by atoms with Gasteiger partial charge in [0.1, 0.15) is 0 Å². The number of aliphatic hydroxyl groups excluding tert-OH is 1. The Morgan fingerprint density at radius 3 is 1.89 bits per heavy atom. The van der Waals surface area contributed by atoms with Crippen LogP contribution in [0.25, 0.3) is 0 Å². The molecule has 0 aliphatic carbocycles. The lowest BCUT2D eigenvalue weighted by atomic mass is 10.5. The zero-order valence-electron chi connectivity index (χ0n) is 5.51. The Morgan fingerprint density at radius 1 is 1.44 bits per heavy atom. The smallest absolute Gasteiger partial charge is 0.0548 e. The molecule has 0 unspecified atom stereocenters. The molecule has 0 atom stereocenters.